The maximum absolute atomic E-state index is 12.0. The van der Waals surface area contributed by atoms with Gasteiger partial charge in [-0.25, -0.2) is 0 Å². The lowest BCUT2D eigenvalue weighted by Crippen LogP contribution is -2.28. The number of ether oxygens (including phenoxy) is 1. The molecule has 1 unspecified atom stereocenters. The highest BCUT2D eigenvalue weighted by molar-refractivity contribution is 5.78. The van der Waals surface area contributed by atoms with Crippen molar-refractivity contribution in [3.05, 3.63) is 29.8 Å². The largest absolute Gasteiger partial charge is 0.426 e. The lowest BCUT2D eigenvalue weighted by atomic mass is 9.85. The standard InChI is InChI=1S/C17H26O3/c1-7-17(5,6)15(19)20-13-10-8-12(9-11-13)14(18)16(2,3)4/h8-11,14,18H,7H2,1-6H3. The summed E-state index contributed by atoms with van der Waals surface area (Å²) < 4.78 is 5.37. The van der Waals surface area contributed by atoms with E-state index in [0.29, 0.717) is 5.75 Å². The summed E-state index contributed by atoms with van der Waals surface area (Å²) in [5.74, 6) is 0.283. The molecule has 0 radical (unpaired) electrons. The van der Waals surface area contributed by atoms with Crippen LogP contribution in [-0.4, -0.2) is 11.1 Å². The second-order valence-electron chi connectivity index (χ2n) is 6.96. The molecule has 20 heavy (non-hydrogen) atoms. The monoisotopic (exact) mass is 278 g/mol. The molecular formula is C17H26O3. The molecular weight excluding hydrogens is 252 g/mol. The number of carbonyl (C=O) groups excluding carboxylic acids is 1. The van der Waals surface area contributed by atoms with Crippen LogP contribution in [0.4, 0.5) is 0 Å². The summed E-state index contributed by atoms with van der Waals surface area (Å²) in [7, 11) is 0. The smallest absolute Gasteiger partial charge is 0.316 e. The Bertz CT molecular complexity index is 452. The Morgan fingerprint density at radius 2 is 1.65 bits per heavy atom. The third-order valence-corrected chi connectivity index (χ3v) is 3.66. The van der Waals surface area contributed by atoms with Gasteiger partial charge in [-0.3, -0.25) is 4.79 Å². The normalized spacial score (nSPS) is 13.9. The molecule has 1 aromatic rings. The van der Waals surface area contributed by atoms with Gasteiger partial charge in [0.15, 0.2) is 0 Å². The van der Waals surface area contributed by atoms with Gasteiger partial charge in [0.25, 0.3) is 0 Å². The van der Waals surface area contributed by atoms with Crippen molar-refractivity contribution in [2.75, 3.05) is 0 Å². The van der Waals surface area contributed by atoms with Crippen molar-refractivity contribution in [3.63, 3.8) is 0 Å². The summed E-state index contributed by atoms with van der Waals surface area (Å²) in [5.41, 5.74) is 0.124. The Kier molecular flexibility index (Phi) is 4.98. The number of hydrogen-bond donors (Lipinski definition) is 1. The van der Waals surface area contributed by atoms with Crippen molar-refractivity contribution >= 4 is 5.97 Å². The molecule has 3 nitrogen and oxygen atoms in total. The van der Waals surface area contributed by atoms with E-state index in [9.17, 15) is 9.90 Å². The number of carbonyl (C=O) groups is 1. The molecule has 1 atom stereocenters. The average molecular weight is 278 g/mol. The zero-order valence-electron chi connectivity index (χ0n) is 13.4. The van der Waals surface area contributed by atoms with Crippen LogP contribution < -0.4 is 4.74 Å². The first kappa shape index (κ1) is 16.7. The van der Waals surface area contributed by atoms with Gasteiger partial charge in [-0.1, -0.05) is 39.8 Å². The number of aliphatic hydroxyl groups excluding tert-OH is 1. The number of aliphatic hydroxyl groups is 1. The van der Waals surface area contributed by atoms with Crippen LogP contribution in [0.2, 0.25) is 0 Å². The van der Waals surface area contributed by atoms with E-state index in [2.05, 4.69) is 0 Å². The minimum Gasteiger partial charge on any atom is -0.426 e. The molecule has 0 saturated carbocycles. The number of rotatable bonds is 4. The Labute approximate surface area is 122 Å². The number of hydrogen-bond acceptors (Lipinski definition) is 3. The van der Waals surface area contributed by atoms with E-state index in [4.69, 9.17) is 4.74 Å². The molecule has 0 saturated heterocycles. The van der Waals surface area contributed by atoms with E-state index in [-0.39, 0.29) is 11.4 Å². The third kappa shape index (κ3) is 4.07. The molecule has 1 N–H and O–H groups in total. The van der Waals surface area contributed by atoms with Gasteiger partial charge in [-0.2, -0.15) is 0 Å². The third-order valence-electron chi connectivity index (χ3n) is 3.66. The van der Waals surface area contributed by atoms with Crippen LogP contribution in [0.5, 0.6) is 5.75 Å². The van der Waals surface area contributed by atoms with Crippen molar-refractivity contribution in [2.45, 2.75) is 54.1 Å². The second-order valence-corrected chi connectivity index (χ2v) is 6.96. The van der Waals surface area contributed by atoms with Gasteiger partial charge in [0.05, 0.1) is 11.5 Å². The first-order chi connectivity index (χ1) is 9.08. The quantitative estimate of drug-likeness (QED) is 0.666. The zero-order chi connectivity index (χ0) is 15.6. The summed E-state index contributed by atoms with van der Waals surface area (Å²) in [6, 6.07) is 7.07. The minimum atomic E-state index is -0.542. The molecule has 0 aliphatic rings. The SMILES string of the molecule is CCC(C)(C)C(=O)Oc1ccc(C(O)C(C)(C)C)cc1. The van der Waals surface area contributed by atoms with Gasteiger partial charge >= 0.3 is 5.97 Å². The van der Waals surface area contributed by atoms with E-state index >= 15 is 0 Å². The zero-order valence-corrected chi connectivity index (χ0v) is 13.4. The van der Waals surface area contributed by atoms with Crippen LogP contribution in [0.25, 0.3) is 0 Å². The van der Waals surface area contributed by atoms with Crippen molar-refractivity contribution in [1.29, 1.82) is 0 Å². The lowest BCUT2D eigenvalue weighted by Gasteiger charge is -2.26. The average Bonchev–Trinajstić information content (AvgIpc) is 2.37. The van der Waals surface area contributed by atoms with Crippen LogP contribution >= 0.6 is 0 Å². The molecule has 0 aliphatic heterocycles. The van der Waals surface area contributed by atoms with Crippen LogP contribution in [0.15, 0.2) is 24.3 Å². The first-order valence-corrected chi connectivity index (χ1v) is 7.08. The topological polar surface area (TPSA) is 46.5 Å². The second kappa shape index (κ2) is 5.96. The van der Waals surface area contributed by atoms with Crippen LogP contribution in [0, 0.1) is 10.8 Å². The van der Waals surface area contributed by atoms with Gasteiger partial charge in [0.2, 0.25) is 0 Å². The molecule has 0 heterocycles. The molecule has 0 aliphatic carbocycles. The van der Waals surface area contributed by atoms with Crippen molar-refractivity contribution in [2.24, 2.45) is 10.8 Å². The molecule has 0 spiro atoms. The van der Waals surface area contributed by atoms with Crippen molar-refractivity contribution in [3.8, 4) is 5.75 Å². The van der Waals surface area contributed by atoms with Crippen LogP contribution in [-0.2, 0) is 4.79 Å². The Hall–Kier alpha value is -1.35. The predicted molar refractivity (Wildman–Crippen MR) is 80.6 cm³/mol. The molecule has 3 heteroatoms. The maximum atomic E-state index is 12.0. The van der Waals surface area contributed by atoms with E-state index in [1.807, 2.05) is 41.5 Å². The summed E-state index contributed by atoms with van der Waals surface area (Å²) >= 11 is 0. The van der Waals surface area contributed by atoms with Crippen molar-refractivity contribution in [1.82, 2.24) is 0 Å². The maximum Gasteiger partial charge on any atom is 0.316 e. The minimum absolute atomic E-state index is 0.220. The fourth-order valence-corrected chi connectivity index (χ4v) is 1.61. The highest BCUT2D eigenvalue weighted by Crippen LogP contribution is 2.33. The van der Waals surface area contributed by atoms with E-state index in [1.165, 1.54) is 0 Å². The molecule has 0 amide bonds. The Balaban J connectivity index is 2.80. The summed E-state index contributed by atoms with van der Waals surface area (Å²) in [4.78, 5) is 12.0. The molecule has 112 valence electrons. The van der Waals surface area contributed by atoms with E-state index < -0.39 is 11.5 Å². The molecule has 1 aromatic carbocycles. The fourth-order valence-electron chi connectivity index (χ4n) is 1.61. The Morgan fingerprint density at radius 1 is 1.15 bits per heavy atom. The van der Waals surface area contributed by atoms with E-state index in [0.717, 1.165) is 12.0 Å². The number of benzene rings is 1. The fraction of sp³-hybridized carbons (Fsp3) is 0.588. The highest BCUT2D eigenvalue weighted by Gasteiger charge is 2.28. The van der Waals surface area contributed by atoms with Gasteiger partial charge in [-0.05, 0) is 43.4 Å². The van der Waals surface area contributed by atoms with Gasteiger partial charge in [0, 0.05) is 0 Å². The highest BCUT2D eigenvalue weighted by atomic mass is 16.5. The molecule has 0 fully saturated rings. The van der Waals surface area contributed by atoms with Crippen LogP contribution in [0.1, 0.15) is 59.6 Å². The summed E-state index contributed by atoms with van der Waals surface area (Å²) in [6.45, 7) is 11.6. The lowest BCUT2D eigenvalue weighted by molar-refractivity contribution is -0.144. The van der Waals surface area contributed by atoms with Gasteiger partial charge < -0.3 is 9.84 Å². The van der Waals surface area contributed by atoms with Gasteiger partial charge in [0.1, 0.15) is 5.75 Å². The van der Waals surface area contributed by atoms with E-state index in [1.54, 1.807) is 24.3 Å². The first-order valence-electron chi connectivity index (χ1n) is 7.08. The summed E-state index contributed by atoms with van der Waals surface area (Å²) in [5, 5.41) is 10.2. The van der Waals surface area contributed by atoms with Crippen molar-refractivity contribution < 1.29 is 14.6 Å². The Morgan fingerprint density at radius 3 is 2.05 bits per heavy atom. The molecule has 0 aromatic heterocycles. The molecule has 1 rings (SSSR count). The number of esters is 1. The summed E-state index contributed by atoms with van der Waals surface area (Å²) in [6.07, 6.45) is 0.187. The molecule has 0 bridgehead atoms. The van der Waals surface area contributed by atoms with Gasteiger partial charge in [-0.15, -0.1) is 0 Å². The predicted octanol–water partition coefficient (Wildman–Crippen LogP) is 4.11. The van der Waals surface area contributed by atoms with Crippen LogP contribution in [0.3, 0.4) is 0 Å².